The summed E-state index contributed by atoms with van der Waals surface area (Å²) in [6.07, 6.45) is -2.25. The quantitative estimate of drug-likeness (QED) is 0.347. The van der Waals surface area contributed by atoms with Crippen LogP contribution in [0.4, 0.5) is 0 Å². The topological polar surface area (TPSA) is 86.7 Å². The van der Waals surface area contributed by atoms with Crippen LogP contribution >= 0.6 is 0 Å². The summed E-state index contributed by atoms with van der Waals surface area (Å²) in [6.45, 7) is 0.315. The van der Waals surface area contributed by atoms with E-state index in [4.69, 9.17) is 21.1 Å². The van der Waals surface area contributed by atoms with Crippen molar-refractivity contribution in [2.45, 2.75) is 24.7 Å². The van der Waals surface area contributed by atoms with E-state index in [1.54, 1.807) is 0 Å². The molecule has 1 rings (SSSR count). The summed E-state index contributed by atoms with van der Waals surface area (Å²) in [6, 6.07) is 0. The normalized spacial score (nSPS) is 48.0. The molecule has 10 heavy (non-hydrogen) atoms. The zero-order valence-corrected chi connectivity index (χ0v) is 5.64. The molecule has 60 valence electrons. The van der Waals surface area contributed by atoms with Crippen LogP contribution in [0.1, 0.15) is 6.42 Å². The smallest absolute Gasteiger partial charge is 0.106 e. The SMILES string of the molecule is NC[C@@H]1C[C@H](O)[C@@H](O)[C@H]1O. The van der Waals surface area contributed by atoms with Crippen LogP contribution in [0.3, 0.4) is 0 Å². The molecule has 0 aliphatic heterocycles. The van der Waals surface area contributed by atoms with E-state index in [1.807, 2.05) is 0 Å². The highest BCUT2D eigenvalue weighted by molar-refractivity contribution is 4.91. The average molecular weight is 147 g/mol. The second kappa shape index (κ2) is 2.84. The molecule has 0 aromatic rings. The van der Waals surface area contributed by atoms with Gasteiger partial charge >= 0.3 is 0 Å². The van der Waals surface area contributed by atoms with E-state index in [0.29, 0.717) is 13.0 Å². The summed E-state index contributed by atoms with van der Waals surface area (Å²) < 4.78 is 0. The van der Waals surface area contributed by atoms with Crippen molar-refractivity contribution in [2.24, 2.45) is 11.7 Å². The van der Waals surface area contributed by atoms with Crippen molar-refractivity contribution in [3.05, 3.63) is 0 Å². The minimum absolute atomic E-state index is 0.148. The maximum atomic E-state index is 9.14. The first-order valence-electron chi connectivity index (χ1n) is 3.41. The summed E-state index contributed by atoms with van der Waals surface area (Å²) in [7, 11) is 0. The van der Waals surface area contributed by atoms with Gasteiger partial charge in [-0.05, 0) is 13.0 Å². The molecule has 5 N–H and O–H groups in total. The molecular weight excluding hydrogens is 134 g/mol. The third-order valence-electron chi connectivity index (χ3n) is 2.07. The van der Waals surface area contributed by atoms with E-state index in [0.717, 1.165) is 0 Å². The van der Waals surface area contributed by atoms with Crippen LogP contribution in [-0.4, -0.2) is 40.2 Å². The third-order valence-corrected chi connectivity index (χ3v) is 2.07. The van der Waals surface area contributed by atoms with Gasteiger partial charge in [-0.2, -0.15) is 0 Å². The Bertz CT molecular complexity index is 120. The Morgan fingerprint density at radius 2 is 1.80 bits per heavy atom. The summed E-state index contributed by atoms with van der Waals surface area (Å²) in [5.74, 6) is -0.148. The number of nitrogens with two attached hydrogens (primary N) is 1. The minimum Gasteiger partial charge on any atom is -0.390 e. The molecule has 0 bridgehead atoms. The molecule has 4 heteroatoms. The van der Waals surface area contributed by atoms with Gasteiger partial charge in [0.15, 0.2) is 0 Å². The monoisotopic (exact) mass is 147 g/mol. The van der Waals surface area contributed by atoms with Crippen LogP contribution < -0.4 is 5.73 Å². The fraction of sp³-hybridized carbons (Fsp3) is 1.00. The van der Waals surface area contributed by atoms with Gasteiger partial charge in [0, 0.05) is 5.92 Å². The molecule has 1 fully saturated rings. The highest BCUT2D eigenvalue weighted by atomic mass is 16.4. The van der Waals surface area contributed by atoms with Gasteiger partial charge in [-0.1, -0.05) is 0 Å². The van der Waals surface area contributed by atoms with E-state index in [9.17, 15) is 0 Å². The molecule has 0 saturated heterocycles. The molecule has 4 atom stereocenters. The summed E-state index contributed by atoms with van der Waals surface area (Å²) >= 11 is 0. The van der Waals surface area contributed by atoms with Crippen molar-refractivity contribution >= 4 is 0 Å². The predicted molar refractivity (Wildman–Crippen MR) is 35.2 cm³/mol. The Kier molecular flexibility index (Phi) is 2.25. The molecule has 4 nitrogen and oxygen atoms in total. The van der Waals surface area contributed by atoms with Gasteiger partial charge < -0.3 is 21.1 Å². The highest BCUT2D eigenvalue weighted by Gasteiger charge is 2.39. The van der Waals surface area contributed by atoms with Crippen molar-refractivity contribution < 1.29 is 15.3 Å². The van der Waals surface area contributed by atoms with Crippen LogP contribution in [-0.2, 0) is 0 Å². The van der Waals surface area contributed by atoms with Crippen molar-refractivity contribution in [1.29, 1.82) is 0 Å². The Labute approximate surface area is 59.3 Å². The zero-order chi connectivity index (χ0) is 7.72. The number of hydrogen-bond acceptors (Lipinski definition) is 4. The van der Waals surface area contributed by atoms with E-state index in [2.05, 4.69) is 0 Å². The van der Waals surface area contributed by atoms with Gasteiger partial charge in [0.1, 0.15) is 6.10 Å². The van der Waals surface area contributed by atoms with Crippen molar-refractivity contribution in [3.8, 4) is 0 Å². The Balaban J connectivity index is 2.53. The van der Waals surface area contributed by atoms with Crippen molar-refractivity contribution in [3.63, 3.8) is 0 Å². The van der Waals surface area contributed by atoms with Crippen LogP contribution in [0.2, 0.25) is 0 Å². The number of aliphatic hydroxyl groups is 3. The van der Waals surface area contributed by atoms with Crippen LogP contribution in [0.15, 0.2) is 0 Å². The lowest BCUT2D eigenvalue weighted by Crippen LogP contribution is -2.32. The molecule has 1 saturated carbocycles. The van der Waals surface area contributed by atoms with Crippen LogP contribution in [0.5, 0.6) is 0 Å². The highest BCUT2D eigenvalue weighted by Crippen LogP contribution is 2.25. The Hall–Kier alpha value is -0.160. The summed E-state index contributed by atoms with van der Waals surface area (Å²) in [4.78, 5) is 0. The minimum atomic E-state index is -1.01. The number of aliphatic hydroxyl groups excluding tert-OH is 3. The second-order valence-corrected chi connectivity index (χ2v) is 2.78. The lowest BCUT2D eigenvalue weighted by molar-refractivity contribution is -0.0251. The number of rotatable bonds is 1. The fourth-order valence-electron chi connectivity index (χ4n) is 1.33. The predicted octanol–water partition coefficient (Wildman–Crippen LogP) is -1.95. The van der Waals surface area contributed by atoms with E-state index in [1.165, 1.54) is 0 Å². The van der Waals surface area contributed by atoms with Crippen molar-refractivity contribution in [2.75, 3.05) is 6.54 Å². The molecule has 1 aliphatic carbocycles. The summed E-state index contributed by atoms with van der Waals surface area (Å²) in [5, 5.41) is 27.2. The van der Waals surface area contributed by atoms with Gasteiger partial charge in [-0.3, -0.25) is 0 Å². The largest absolute Gasteiger partial charge is 0.390 e. The lowest BCUT2D eigenvalue weighted by Gasteiger charge is -2.13. The molecule has 0 amide bonds. The maximum absolute atomic E-state index is 9.14. The summed E-state index contributed by atoms with van der Waals surface area (Å²) in [5.41, 5.74) is 5.27. The van der Waals surface area contributed by atoms with Gasteiger partial charge in [0.25, 0.3) is 0 Å². The third kappa shape index (κ3) is 1.15. The number of hydrogen-bond donors (Lipinski definition) is 4. The van der Waals surface area contributed by atoms with E-state index in [-0.39, 0.29) is 5.92 Å². The molecule has 0 aromatic heterocycles. The van der Waals surface area contributed by atoms with E-state index >= 15 is 0 Å². The van der Waals surface area contributed by atoms with Crippen LogP contribution in [0.25, 0.3) is 0 Å². The van der Waals surface area contributed by atoms with Gasteiger partial charge in [-0.25, -0.2) is 0 Å². The van der Waals surface area contributed by atoms with Gasteiger partial charge in [0.05, 0.1) is 12.2 Å². The molecular formula is C6H13NO3. The van der Waals surface area contributed by atoms with E-state index < -0.39 is 18.3 Å². The fourth-order valence-corrected chi connectivity index (χ4v) is 1.33. The molecule has 0 heterocycles. The first-order valence-corrected chi connectivity index (χ1v) is 3.41. The average Bonchev–Trinajstić information content (AvgIpc) is 2.17. The Morgan fingerprint density at radius 1 is 1.20 bits per heavy atom. The maximum Gasteiger partial charge on any atom is 0.106 e. The Morgan fingerprint density at radius 3 is 2.00 bits per heavy atom. The van der Waals surface area contributed by atoms with Crippen molar-refractivity contribution in [1.82, 2.24) is 0 Å². The first kappa shape index (κ1) is 7.94. The molecule has 0 radical (unpaired) electrons. The standard InChI is InChI=1S/C6H13NO3/c7-2-3-1-4(8)6(10)5(3)9/h3-6,8-10H,1-2,7H2/t3-,4-,5-,6+/m0/s1. The van der Waals surface area contributed by atoms with Crippen LogP contribution in [0, 0.1) is 5.92 Å². The molecule has 0 spiro atoms. The zero-order valence-electron chi connectivity index (χ0n) is 5.64. The van der Waals surface area contributed by atoms with Gasteiger partial charge in [0.2, 0.25) is 0 Å². The molecule has 1 aliphatic rings. The second-order valence-electron chi connectivity index (χ2n) is 2.78. The van der Waals surface area contributed by atoms with Gasteiger partial charge in [-0.15, -0.1) is 0 Å². The molecule has 0 unspecified atom stereocenters. The lowest BCUT2D eigenvalue weighted by atomic mass is 10.1. The molecule has 0 aromatic carbocycles. The first-order chi connectivity index (χ1) is 4.66.